The summed E-state index contributed by atoms with van der Waals surface area (Å²) in [5.74, 6) is 1.22. The molecule has 1 aromatic heterocycles. The number of nitrogens with zero attached hydrogens (tertiary/aromatic N) is 2. The lowest BCUT2D eigenvalue weighted by Crippen LogP contribution is -2.31. The summed E-state index contributed by atoms with van der Waals surface area (Å²) in [7, 11) is 1.95. The molecule has 1 atom stereocenters. The highest BCUT2D eigenvalue weighted by Gasteiger charge is 2.23. The number of fused-ring (bicyclic) bond motifs is 1. The fraction of sp³-hybridized carbons (Fsp3) is 0.250. The Morgan fingerprint density at radius 1 is 0.941 bits per heavy atom. The van der Waals surface area contributed by atoms with Crippen molar-refractivity contribution in [1.82, 2.24) is 14.9 Å². The molecule has 0 aliphatic carbocycles. The first-order valence-corrected chi connectivity index (χ1v) is 11.6. The van der Waals surface area contributed by atoms with Crippen LogP contribution in [-0.4, -0.2) is 27.8 Å². The van der Waals surface area contributed by atoms with E-state index in [0.717, 1.165) is 34.6 Å². The molecular weight excluding hydrogens is 426 g/mol. The molecule has 1 heterocycles. The molecule has 1 N–H and O–H groups in total. The first-order chi connectivity index (χ1) is 16.6. The maximum Gasteiger partial charge on any atom is 0.221 e. The summed E-state index contributed by atoms with van der Waals surface area (Å²) in [6.07, 6.45) is 1.15. The van der Waals surface area contributed by atoms with Crippen molar-refractivity contribution >= 4 is 22.7 Å². The van der Waals surface area contributed by atoms with Gasteiger partial charge in [-0.3, -0.25) is 9.59 Å². The number of aryl methyl sites for hydroxylation is 1. The van der Waals surface area contributed by atoms with Crippen molar-refractivity contribution in [3.8, 4) is 5.75 Å². The van der Waals surface area contributed by atoms with Gasteiger partial charge in [-0.25, -0.2) is 4.98 Å². The lowest BCUT2D eigenvalue weighted by Gasteiger charge is -2.19. The van der Waals surface area contributed by atoms with E-state index in [-0.39, 0.29) is 24.5 Å². The number of nitrogens with one attached hydrogen (secondary N) is 1. The van der Waals surface area contributed by atoms with E-state index in [0.29, 0.717) is 12.2 Å². The Hall–Kier alpha value is -3.93. The fourth-order valence-electron chi connectivity index (χ4n) is 3.93. The summed E-state index contributed by atoms with van der Waals surface area (Å²) in [6.45, 7) is 2.68. The Labute approximate surface area is 199 Å². The van der Waals surface area contributed by atoms with E-state index in [1.54, 1.807) is 24.3 Å². The van der Waals surface area contributed by atoms with E-state index in [4.69, 9.17) is 9.72 Å². The van der Waals surface area contributed by atoms with Crippen molar-refractivity contribution in [3.63, 3.8) is 0 Å². The summed E-state index contributed by atoms with van der Waals surface area (Å²) in [4.78, 5) is 30.3. The predicted octanol–water partition coefficient (Wildman–Crippen LogP) is 5.23. The zero-order valence-electron chi connectivity index (χ0n) is 19.5. The molecule has 6 heteroatoms. The minimum Gasteiger partial charge on any atom is -0.494 e. The van der Waals surface area contributed by atoms with Crippen LogP contribution < -0.4 is 10.1 Å². The smallest absolute Gasteiger partial charge is 0.221 e. The molecule has 34 heavy (non-hydrogen) atoms. The molecule has 4 aromatic rings. The highest BCUT2D eigenvalue weighted by atomic mass is 16.5. The molecule has 0 radical (unpaired) electrons. The van der Waals surface area contributed by atoms with Crippen LogP contribution in [-0.2, 0) is 11.8 Å². The van der Waals surface area contributed by atoms with Gasteiger partial charge in [0.2, 0.25) is 5.91 Å². The lowest BCUT2D eigenvalue weighted by molar-refractivity contribution is -0.121. The molecule has 4 rings (SSSR count). The zero-order valence-corrected chi connectivity index (χ0v) is 19.5. The average molecular weight is 456 g/mol. The third-order valence-corrected chi connectivity index (χ3v) is 5.75. The number of hydrogen-bond donors (Lipinski definition) is 1. The lowest BCUT2D eigenvalue weighted by atomic mass is 10.0. The van der Waals surface area contributed by atoms with E-state index in [1.807, 2.05) is 73.1 Å². The number of Topliss-reactive ketones (excluding diaryl/α,β-unsaturated/α-hetero) is 1. The van der Waals surface area contributed by atoms with E-state index in [1.165, 1.54) is 0 Å². The molecular formula is C28H29N3O3. The van der Waals surface area contributed by atoms with Crippen molar-refractivity contribution < 1.29 is 14.3 Å². The Morgan fingerprint density at radius 3 is 2.35 bits per heavy atom. The van der Waals surface area contributed by atoms with Gasteiger partial charge in [-0.05, 0) is 48.4 Å². The molecule has 0 bridgehead atoms. The molecule has 0 aliphatic heterocycles. The van der Waals surface area contributed by atoms with Gasteiger partial charge in [0.05, 0.1) is 17.6 Å². The summed E-state index contributed by atoms with van der Waals surface area (Å²) in [6, 6.07) is 24.3. The highest BCUT2D eigenvalue weighted by molar-refractivity contribution is 5.98. The number of benzene rings is 3. The molecule has 174 valence electrons. The van der Waals surface area contributed by atoms with E-state index in [2.05, 4.69) is 5.32 Å². The highest BCUT2D eigenvalue weighted by Crippen LogP contribution is 2.25. The monoisotopic (exact) mass is 455 g/mol. The molecule has 1 amide bonds. The Bertz CT molecular complexity index is 1260. The van der Waals surface area contributed by atoms with Crippen LogP contribution in [0.4, 0.5) is 0 Å². The maximum atomic E-state index is 12.9. The number of para-hydroxylation sites is 2. The first-order valence-electron chi connectivity index (χ1n) is 11.6. The summed E-state index contributed by atoms with van der Waals surface area (Å²) in [5, 5.41) is 3.10. The van der Waals surface area contributed by atoms with Gasteiger partial charge >= 0.3 is 0 Å². The van der Waals surface area contributed by atoms with Gasteiger partial charge in [0.1, 0.15) is 17.6 Å². The number of ether oxygens (including phenoxy) is 1. The van der Waals surface area contributed by atoms with Crippen molar-refractivity contribution in [2.45, 2.75) is 32.2 Å². The fourth-order valence-corrected chi connectivity index (χ4v) is 3.93. The first kappa shape index (κ1) is 23.2. The number of rotatable bonds is 10. The molecule has 0 saturated carbocycles. The number of imidazole rings is 1. The van der Waals surface area contributed by atoms with E-state index < -0.39 is 6.04 Å². The quantitative estimate of drug-likeness (QED) is 0.332. The number of aromatic nitrogens is 2. The van der Waals surface area contributed by atoms with Crippen LogP contribution in [0.5, 0.6) is 5.75 Å². The van der Waals surface area contributed by atoms with Crippen molar-refractivity contribution in [2.75, 3.05) is 6.61 Å². The van der Waals surface area contributed by atoms with Crippen LogP contribution in [0.2, 0.25) is 0 Å². The van der Waals surface area contributed by atoms with Gasteiger partial charge in [0, 0.05) is 25.5 Å². The summed E-state index contributed by atoms with van der Waals surface area (Å²) >= 11 is 0. The Kier molecular flexibility index (Phi) is 7.38. The Balaban J connectivity index is 1.46. The predicted molar refractivity (Wildman–Crippen MR) is 133 cm³/mol. The normalized spacial score (nSPS) is 11.8. The van der Waals surface area contributed by atoms with Crippen molar-refractivity contribution in [1.29, 1.82) is 0 Å². The molecule has 3 aromatic carbocycles. The van der Waals surface area contributed by atoms with Crippen LogP contribution in [0.15, 0.2) is 78.9 Å². The van der Waals surface area contributed by atoms with Crippen LogP contribution in [0.25, 0.3) is 11.0 Å². The van der Waals surface area contributed by atoms with Crippen LogP contribution in [0, 0.1) is 0 Å². The number of carbonyl (C=O) groups is 2. The van der Waals surface area contributed by atoms with Gasteiger partial charge in [0.15, 0.2) is 5.78 Å². The standard InChI is InChI=1S/C28H29N3O3/c1-3-19-34-22-15-13-20(14-16-22)25(32)17-18-26(33)30-27(21-9-5-4-6-10-21)28-29-23-11-7-8-12-24(23)31(28)2/h4-16,27H,3,17-19H2,1-2H3,(H,30,33). The van der Waals surface area contributed by atoms with Gasteiger partial charge in [0.25, 0.3) is 0 Å². The van der Waals surface area contributed by atoms with E-state index >= 15 is 0 Å². The van der Waals surface area contributed by atoms with Crippen molar-refractivity contribution in [3.05, 3.63) is 95.8 Å². The molecule has 6 nitrogen and oxygen atoms in total. The minimum absolute atomic E-state index is 0.0730. The van der Waals surface area contributed by atoms with Gasteiger partial charge < -0.3 is 14.6 Å². The molecule has 0 fully saturated rings. The Morgan fingerprint density at radius 2 is 1.65 bits per heavy atom. The van der Waals surface area contributed by atoms with Gasteiger partial charge in [-0.15, -0.1) is 0 Å². The van der Waals surface area contributed by atoms with E-state index in [9.17, 15) is 9.59 Å². The number of carbonyl (C=O) groups excluding carboxylic acids is 2. The second kappa shape index (κ2) is 10.8. The third kappa shape index (κ3) is 5.34. The SMILES string of the molecule is CCCOc1ccc(C(=O)CCC(=O)NC(c2ccccc2)c2nc3ccccc3n2C)cc1. The number of hydrogen-bond acceptors (Lipinski definition) is 4. The molecule has 0 aliphatic rings. The zero-order chi connectivity index (χ0) is 23.9. The molecule has 0 spiro atoms. The summed E-state index contributed by atoms with van der Waals surface area (Å²) in [5.41, 5.74) is 3.38. The second-order valence-corrected chi connectivity index (χ2v) is 8.22. The van der Waals surface area contributed by atoms with Crippen molar-refractivity contribution in [2.24, 2.45) is 7.05 Å². The van der Waals surface area contributed by atoms with Gasteiger partial charge in [-0.1, -0.05) is 49.4 Å². The largest absolute Gasteiger partial charge is 0.494 e. The minimum atomic E-state index is -0.420. The van der Waals surface area contributed by atoms with Crippen LogP contribution in [0.1, 0.15) is 54.0 Å². The molecule has 1 unspecified atom stereocenters. The molecule has 0 saturated heterocycles. The number of ketones is 1. The van der Waals surface area contributed by atoms with Crippen LogP contribution in [0.3, 0.4) is 0 Å². The topological polar surface area (TPSA) is 73.2 Å². The average Bonchev–Trinajstić information content (AvgIpc) is 3.21. The second-order valence-electron chi connectivity index (χ2n) is 8.22. The third-order valence-electron chi connectivity index (χ3n) is 5.75. The summed E-state index contributed by atoms with van der Waals surface area (Å²) < 4.78 is 7.56. The number of amides is 1. The maximum absolute atomic E-state index is 12.9. The van der Waals surface area contributed by atoms with Gasteiger partial charge in [-0.2, -0.15) is 0 Å². The van der Waals surface area contributed by atoms with Crippen LogP contribution >= 0.6 is 0 Å².